The number of benzene rings is 1. The molecule has 0 aromatic heterocycles. The first kappa shape index (κ1) is 11.1. The van der Waals surface area contributed by atoms with Crippen LogP contribution < -0.4 is 0 Å². The van der Waals surface area contributed by atoms with E-state index in [1.54, 1.807) is 0 Å². The van der Waals surface area contributed by atoms with E-state index in [1.807, 2.05) is 0 Å². The molecule has 1 aromatic carbocycles. The van der Waals surface area contributed by atoms with Gasteiger partial charge in [0, 0.05) is 16.3 Å². The highest BCUT2D eigenvalue weighted by molar-refractivity contribution is 9.09. The Balaban J connectivity index is 2.35. The fraction of sp³-hybridized carbons (Fsp3) is 0.500. The Morgan fingerprint density at radius 2 is 1.67 bits per heavy atom. The Kier molecular flexibility index (Phi) is 3.39. The topological polar surface area (TPSA) is 0 Å². The Morgan fingerprint density at radius 1 is 1.07 bits per heavy atom. The molecule has 82 valence electrons. The maximum absolute atomic E-state index is 13.5. The molecule has 1 aliphatic rings. The van der Waals surface area contributed by atoms with E-state index in [1.165, 1.54) is 18.2 Å². The third kappa shape index (κ3) is 2.22. The summed E-state index contributed by atoms with van der Waals surface area (Å²) in [5, 5.41) is 0. The third-order valence-electron chi connectivity index (χ3n) is 3.05. The van der Waals surface area contributed by atoms with Crippen LogP contribution in [0.1, 0.15) is 37.2 Å². The summed E-state index contributed by atoms with van der Waals surface area (Å²) in [7, 11) is 0. The zero-order chi connectivity index (χ0) is 10.8. The van der Waals surface area contributed by atoms with Gasteiger partial charge in [-0.05, 0) is 25.0 Å². The molecule has 0 N–H and O–H groups in total. The molecule has 2 atom stereocenters. The predicted octanol–water partition coefficient (Wildman–Crippen LogP) is 4.39. The molecule has 0 radical (unpaired) electrons. The first-order valence-electron chi connectivity index (χ1n) is 5.28. The minimum Gasteiger partial charge on any atom is -0.207 e. The van der Waals surface area contributed by atoms with Crippen molar-refractivity contribution in [3.63, 3.8) is 0 Å². The van der Waals surface area contributed by atoms with Crippen LogP contribution in [0.5, 0.6) is 0 Å². The monoisotopic (exact) mass is 274 g/mol. The van der Waals surface area contributed by atoms with Crippen molar-refractivity contribution in [3.05, 3.63) is 35.4 Å². The first-order chi connectivity index (χ1) is 7.20. The molecule has 0 bridgehead atoms. The lowest BCUT2D eigenvalue weighted by molar-refractivity contribution is 0.427. The molecule has 1 aromatic rings. The van der Waals surface area contributed by atoms with Crippen molar-refractivity contribution in [1.29, 1.82) is 0 Å². The van der Waals surface area contributed by atoms with Crippen LogP contribution >= 0.6 is 15.9 Å². The Morgan fingerprint density at radius 3 is 2.27 bits per heavy atom. The van der Waals surface area contributed by atoms with E-state index in [4.69, 9.17) is 0 Å². The molecule has 0 nitrogen and oxygen atoms in total. The summed E-state index contributed by atoms with van der Waals surface area (Å²) < 4.78 is 27.1. The SMILES string of the molecule is Fc1cccc(F)c1C1CCCCC1Br. The van der Waals surface area contributed by atoms with Gasteiger partial charge in [-0.15, -0.1) is 0 Å². The molecule has 15 heavy (non-hydrogen) atoms. The van der Waals surface area contributed by atoms with Gasteiger partial charge in [0.25, 0.3) is 0 Å². The first-order valence-corrected chi connectivity index (χ1v) is 6.19. The highest BCUT2D eigenvalue weighted by Gasteiger charge is 2.28. The van der Waals surface area contributed by atoms with Gasteiger partial charge >= 0.3 is 0 Å². The van der Waals surface area contributed by atoms with E-state index in [0.29, 0.717) is 0 Å². The normalized spacial score (nSPS) is 26.6. The molecule has 1 aliphatic carbocycles. The van der Waals surface area contributed by atoms with E-state index >= 15 is 0 Å². The Labute approximate surface area is 96.8 Å². The van der Waals surface area contributed by atoms with Crippen LogP contribution in [-0.4, -0.2) is 4.83 Å². The number of rotatable bonds is 1. The van der Waals surface area contributed by atoms with Gasteiger partial charge in [0.1, 0.15) is 11.6 Å². The van der Waals surface area contributed by atoms with E-state index in [2.05, 4.69) is 15.9 Å². The fourth-order valence-electron chi connectivity index (χ4n) is 2.28. The van der Waals surface area contributed by atoms with Crippen LogP contribution in [0.4, 0.5) is 8.78 Å². The maximum Gasteiger partial charge on any atom is 0.129 e. The van der Waals surface area contributed by atoms with Crippen LogP contribution in [0.3, 0.4) is 0 Å². The second kappa shape index (κ2) is 4.60. The summed E-state index contributed by atoms with van der Waals surface area (Å²) in [6.07, 6.45) is 4.06. The summed E-state index contributed by atoms with van der Waals surface area (Å²) in [6, 6.07) is 4.10. The summed E-state index contributed by atoms with van der Waals surface area (Å²) in [5.74, 6) is -0.836. The lowest BCUT2D eigenvalue weighted by Gasteiger charge is -2.28. The minimum absolute atomic E-state index is 0.0139. The second-order valence-electron chi connectivity index (χ2n) is 4.04. The number of halogens is 3. The zero-order valence-corrected chi connectivity index (χ0v) is 9.94. The van der Waals surface area contributed by atoms with Crippen LogP contribution in [-0.2, 0) is 0 Å². The number of alkyl halides is 1. The van der Waals surface area contributed by atoms with Gasteiger partial charge in [0.15, 0.2) is 0 Å². The Bertz CT molecular complexity index is 331. The van der Waals surface area contributed by atoms with Crippen molar-refractivity contribution in [3.8, 4) is 0 Å². The van der Waals surface area contributed by atoms with Crippen molar-refractivity contribution in [2.45, 2.75) is 36.4 Å². The van der Waals surface area contributed by atoms with Crippen molar-refractivity contribution in [2.24, 2.45) is 0 Å². The molecule has 0 amide bonds. The minimum atomic E-state index is -0.411. The molecule has 2 unspecified atom stereocenters. The lowest BCUT2D eigenvalue weighted by atomic mass is 9.83. The van der Waals surface area contributed by atoms with Crippen LogP contribution in [0.25, 0.3) is 0 Å². The molecular formula is C12H13BrF2. The van der Waals surface area contributed by atoms with Gasteiger partial charge in [-0.3, -0.25) is 0 Å². The average Bonchev–Trinajstić information content (AvgIpc) is 2.20. The maximum atomic E-state index is 13.5. The molecule has 0 aliphatic heterocycles. The van der Waals surface area contributed by atoms with Crippen molar-refractivity contribution in [2.75, 3.05) is 0 Å². The predicted molar refractivity (Wildman–Crippen MR) is 60.3 cm³/mol. The molecular weight excluding hydrogens is 262 g/mol. The summed E-state index contributed by atoms with van der Waals surface area (Å²) in [5.41, 5.74) is 0.263. The number of hydrogen-bond donors (Lipinski definition) is 0. The van der Waals surface area contributed by atoms with Gasteiger partial charge in [0.2, 0.25) is 0 Å². The highest BCUT2D eigenvalue weighted by atomic mass is 79.9. The summed E-state index contributed by atoms with van der Waals surface area (Å²) >= 11 is 3.53. The molecule has 0 spiro atoms. The van der Waals surface area contributed by atoms with Gasteiger partial charge < -0.3 is 0 Å². The van der Waals surface area contributed by atoms with Gasteiger partial charge in [-0.2, -0.15) is 0 Å². The van der Waals surface area contributed by atoms with Crippen molar-refractivity contribution < 1.29 is 8.78 Å². The molecule has 3 heteroatoms. The van der Waals surface area contributed by atoms with Crippen LogP contribution in [0.2, 0.25) is 0 Å². The third-order valence-corrected chi connectivity index (χ3v) is 4.15. The van der Waals surface area contributed by atoms with Crippen molar-refractivity contribution >= 4 is 15.9 Å². The van der Waals surface area contributed by atoms with Gasteiger partial charge in [0.05, 0.1) is 0 Å². The van der Waals surface area contributed by atoms with E-state index in [-0.39, 0.29) is 16.3 Å². The van der Waals surface area contributed by atoms with E-state index in [9.17, 15) is 8.78 Å². The zero-order valence-electron chi connectivity index (χ0n) is 8.35. The largest absolute Gasteiger partial charge is 0.207 e. The summed E-state index contributed by atoms with van der Waals surface area (Å²) in [4.78, 5) is 0.206. The van der Waals surface area contributed by atoms with Gasteiger partial charge in [-0.25, -0.2) is 8.78 Å². The lowest BCUT2D eigenvalue weighted by Crippen LogP contribution is -2.19. The van der Waals surface area contributed by atoms with E-state index in [0.717, 1.165) is 25.7 Å². The second-order valence-corrected chi connectivity index (χ2v) is 5.22. The standard InChI is InChI=1S/C12H13BrF2/c13-9-5-2-1-4-8(9)12-10(14)6-3-7-11(12)15/h3,6-9H,1-2,4-5H2. The molecule has 1 fully saturated rings. The number of hydrogen-bond acceptors (Lipinski definition) is 0. The van der Waals surface area contributed by atoms with E-state index < -0.39 is 11.6 Å². The molecule has 2 rings (SSSR count). The smallest absolute Gasteiger partial charge is 0.129 e. The Hall–Kier alpha value is -0.440. The quantitative estimate of drug-likeness (QED) is 0.667. The fourth-order valence-corrected chi connectivity index (χ4v) is 3.13. The van der Waals surface area contributed by atoms with Crippen molar-refractivity contribution in [1.82, 2.24) is 0 Å². The molecule has 0 heterocycles. The highest BCUT2D eigenvalue weighted by Crippen LogP contribution is 2.39. The molecule has 0 saturated heterocycles. The van der Waals surface area contributed by atoms with Crippen LogP contribution in [0, 0.1) is 11.6 Å². The van der Waals surface area contributed by atoms with Gasteiger partial charge in [-0.1, -0.05) is 34.8 Å². The molecule has 1 saturated carbocycles. The average molecular weight is 275 g/mol. The summed E-state index contributed by atoms with van der Waals surface area (Å²) in [6.45, 7) is 0. The van der Waals surface area contributed by atoms with Crippen LogP contribution in [0.15, 0.2) is 18.2 Å².